The quantitative estimate of drug-likeness (QED) is 0.139. The van der Waals surface area contributed by atoms with Crippen LogP contribution in [0.25, 0.3) is 0 Å². The Kier molecular flexibility index (Phi) is 16.9. The maximum absolute atomic E-state index is 5.44. The predicted octanol–water partition coefficient (Wildman–Crippen LogP) is 3.26. The Morgan fingerprint density at radius 3 is 2.63 bits per heavy atom. The van der Waals surface area contributed by atoms with Crippen LogP contribution in [0.5, 0.6) is 5.75 Å². The van der Waals surface area contributed by atoms with Crippen molar-refractivity contribution in [1.82, 2.24) is 10.6 Å². The molecule has 0 radical (unpaired) electrons. The summed E-state index contributed by atoms with van der Waals surface area (Å²) in [7, 11) is 5.18. The number of para-hydroxylation sites is 1. The third-order valence-corrected chi connectivity index (χ3v) is 5.01. The normalized spacial score (nSPS) is 12.2. The van der Waals surface area contributed by atoms with Gasteiger partial charge in [0.2, 0.25) is 0 Å². The number of hydrogen-bond acceptors (Lipinski definition) is 5. The number of thioether (sulfide) groups is 1. The SMILES string of the molecule is CN=C(NCCCOCCOC)NCC(C)CSc1ccccc1OC.I. The van der Waals surface area contributed by atoms with Crippen LogP contribution in [-0.4, -0.2) is 65.9 Å². The Bertz CT molecular complexity index is 521. The monoisotopic (exact) mass is 511 g/mol. The van der Waals surface area contributed by atoms with Gasteiger partial charge in [-0.15, -0.1) is 35.7 Å². The van der Waals surface area contributed by atoms with E-state index in [1.165, 1.54) is 4.90 Å². The first-order valence-electron chi connectivity index (χ1n) is 8.98. The molecule has 0 aliphatic heterocycles. The molecular weight excluding hydrogens is 477 g/mol. The van der Waals surface area contributed by atoms with E-state index >= 15 is 0 Å². The van der Waals surface area contributed by atoms with E-state index in [0.717, 1.165) is 43.6 Å². The van der Waals surface area contributed by atoms with Crippen molar-refractivity contribution in [3.05, 3.63) is 24.3 Å². The molecule has 0 saturated carbocycles. The second kappa shape index (κ2) is 17.4. The van der Waals surface area contributed by atoms with E-state index in [-0.39, 0.29) is 24.0 Å². The van der Waals surface area contributed by atoms with Crippen LogP contribution in [-0.2, 0) is 9.47 Å². The lowest BCUT2D eigenvalue weighted by atomic mass is 10.2. The Morgan fingerprint density at radius 1 is 1.15 bits per heavy atom. The second-order valence-corrected chi connectivity index (χ2v) is 6.97. The van der Waals surface area contributed by atoms with E-state index in [0.29, 0.717) is 19.1 Å². The number of ether oxygens (including phenoxy) is 3. The van der Waals surface area contributed by atoms with E-state index in [2.05, 4.69) is 28.6 Å². The lowest BCUT2D eigenvalue weighted by molar-refractivity contribution is 0.0698. The van der Waals surface area contributed by atoms with Gasteiger partial charge in [-0.05, 0) is 24.5 Å². The maximum atomic E-state index is 5.44. The van der Waals surface area contributed by atoms with Crippen LogP contribution in [0.3, 0.4) is 0 Å². The van der Waals surface area contributed by atoms with Gasteiger partial charge >= 0.3 is 0 Å². The fourth-order valence-electron chi connectivity index (χ4n) is 2.15. The molecule has 0 aliphatic rings. The molecule has 0 bridgehead atoms. The van der Waals surface area contributed by atoms with Crippen LogP contribution in [0.4, 0.5) is 0 Å². The Balaban J connectivity index is 0.00000676. The van der Waals surface area contributed by atoms with Crippen molar-refractivity contribution < 1.29 is 14.2 Å². The Labute approximate surface area is 185 Å². The average Bonchev–Trinajstić information content (AvgIpc) is 2.68. The summed E-state index contributed by atoms with van der Waals surface area (Å²) in [6.07, 6.45) is 0.934. The van der Waals surface area contributed by atoms with Crippen molar-refractivity contribution in [3.63, 3.8) is 0 Å². The van der Waals surface area contributed by atoms with Crippen molar-refractivity contribution in [2.75, 3.05) is 59.9 Å². The van der Waals surface area contributed by atoms with Crippen molar-refractivity contribution in [3.8, 4) is 5.75 Å². The van der Waals surface area contributed by atoms with Gasteiger partial charge < -0.3 is 24.8 Å². The summed E-state index contributed by atoms with van der Waals surface area (Å²) in [6, 6.07) is 8.12. The van der Waals surface area contributed by atoms with Gasteiger partial charge in [-0.2, -0.15) is 0 Å². The summed E-state index contributed by atoms with van der Waals surface area (Å²) in [5.41, 5.74) is 0. The number of aliphatic imine (C=N–C) groups is 1. The molecule has 0 aromatic heterocycles. The van der Waals surface area contributed by atoms with Gasteiger partial charge in [0.15, 0.2) is 5.96 Å². The predicted molar refractivity (Wildman–Crippen MR) is 125 cm³/mol. The molecule has 1 atom stereocenters. The van der Waals surface area contributed by atoms with E-state index in [9.17, 15) is 0 Å². The first-order valence-corrected chi connectivity index (χ1v) is 9.96. The molecule has 1 aromatic carbocycles. The van der Waals surface area contributed by atoms with Crippen LogP contribution in [0.1, 0.15) is 13.3 Å². The number of nitrogens with zero attached hydrogens (tertiary/aromatic N) is 1. The summed E-state index contributed by atoms with van der Waals surface area (Å²) in [4.78, 5) is 5.44. The van der Waals surface area contributed by atoms with Gasteiger partial charge in [0.05, 0.1) is 20.3 Å². The highest BCUT2D eigenvalue weighted by Gasteiger charge is 2.08. The lowest BCUT2D eigenvalue weighted by Crippen LogP contribution is -2.40. The third-order valence-electron chi connectivity index (χ3n) is 3.62. The van der Waals surface area contributed by atoms with E-state index in [4.69, 9.17) is 14.2 Å². The highest BCUT2D eigenvalue weighted by Crippen LogP contribution is 2.29. The summed E-state index contributed by atoms with van der Waals surface area (Å²) in [6.45, 7) is 5.93. The highest BCUT2D eigenvalue weighted by atomic mass is 127. The molecule has 0 amide bonds. The largest absolute Gasteiger partial charge is 0.496 e. The first-order chi connectivity index (χ1) is 12.7. The van der Waals surface area contributed by atoms with Gasteiger partial charge in [0, 0.05) is 44.5 Å². The topological polar surface area (TPSA) is 64.1 Å². The third kappa shape index (κ3) is 12.4. The average molecular weight is 511 g/mol. The number of guanidine groups is 1. The minimum absolute atomic E-state index is 0. The molecule has 0 spiro atoms. The molecule has 0 fully saturated rings. The summed E-state index contributed by atoms with van der Waals surface area (Å²) >= 11 is 1.82. The molecule has 1 rings (SSSR count). The molecule has 156 valence electrons. The molecular formula is C19H34IN3O3S. The zero-order chi connectivity index (χ0) is 19.0. The van der Waals surface area contributed by atoms with Crippen LogP contribution >= 0.6 is 35.7 Å². The number of methoxy groups -OCH3 is 2. The minimum Gasteiger partial charge on any atom is -0.496 e. The van der Waals surface area contributed by atoms with E-state index < -0.39 is 0 Å². The summed E-state index contributed by atoms with van der Waals surface area (Å²) in [5, 5.41) is 6.69. The lowest BCUT2D eigenvalue weighted by Gasteiger charge is -2.16. The minimum atomic E-state index is 0. The highest BCUT2D eigenvalue weighted by molar-refractivity contribution is 14.0. The fraction of sp³-hybridized carbons (Fsp3) is 0.632. The number of halogens is 1. The number of rotatable bonds is 13. The number of hydrogen-bond donors (Lipinski definition) is 2. The fourth-order valence-corrected chi connectivity index (χ4v) is 3.20. The molecule has 0 saturated heterocycles. The maximum Gasteiger partial charge on any atom is 0.190 e. The zero-order valence-electron chi connectivity index (χ0n) is 16.8. The van der Waals surface area contributed by atoms with Crippen molar-refractivity contribution >= 4 is 41.7 Å². The molecule has 1 aromatic rings. The van der Waals surface area contributed by atoms with Crippen LogP contribution in [0.15, 0.2) is 34.2 Å². The molecule has 27 heavy (non-hydrogen) atoms. The van der Waals surface area contributed by atoms with Crippen LogP contribution in [0, 0.1) is 5.92 Å². The second-order valence-electron chi connectivity index (χ2n) is 5.91. The van der Waals surface area contributed by atoms with Crippen LogP contribution < -0.4 is 15.4 Å². The number of nitrogens with one attached hydrogen (secondary N) is 2. The standard InChI is InChI=1S/C19H33N3O3S.HI/c1-16(15-26-18-9-6-5-8-17(18)24-4)14-22-19(20-2)21-10-7-11-25-13-12-23-3;/h5-6,8-9,16H,7,10-15H2,1-4H3,(H2,20,21,22);1H. The smallest absolute Gasteiger partial charge is 0.190 e. The van der Waals surface area contributed by atoms with Crippen molar-refractivity contribution in [1.29, 1.82) is 0 Å². The van der Waals surface area contributed by atoms with Gasteiger partial charge in [0.25, 0.3) is 0 Å². The molecule has 8 heteroatoms. The first kappa shape index (κ1) is 26.3. The number of benzene rings is 1. The van der Waals surface area contributed by atoms with Crippen molar-refractivity contribution in [2.45, 2.75) is 18.2 Å². The molecule has 1 unspecified atom stereocenters. The molecule has 6 nitrogen and oxygen atoms in total. The molecule has 0 aliphatic carbocycles. The van der Waals surface area contributed by atoms with Gasteiger partial charge in [0.1, 0.15) is 5.75 Å². The van der Waals surface area contributed by atoms with Crippen molar-refractivity contribution in [2.24, 2.45) is 10.9 Å². The van der Waals surface area contributed by atoms with Gasteiger partial charge in [-0.3, -0.25) is 4.99 Å². The van der Waals surface area contributed by atoms with E-state index in [1.807, 2.05) is 30.0 Å². The zero-order valence-corrected chi connectivity index (χ0v) is 20.0. The summed E-state index contributed by atoms with van der Waals surface area (Å²) < 4.78 is 15.8. The van der Waals surface area contributed by atoms with Gasteiger partial charge in [-0.25, -0.2) is 0 Å². The Morgan fingerprint density at radius 2 is 1.93 bits per heavy atom. The summed E-state index contributed by atoms with van der Waals surface area (Å²) in [5.74, 6) is 3.28. The molecule has 2 N–H and O–H groups in total. The van der Waals surface area contributed by atoms with E-state index in [1.54, 1.807) is 21.3 Å². The Hall–Kier alpha value is -0.710. The molecule has 0 heterocycles. The van der Waals surface area contributed by atoms with Gasteiger partial charge in [-0.1, -0.05) is 19.1 Å². The van der Waals surface area contributed by atoms with Crippen LogP contribution in [0.2, 0.25) is 0 Å².